The summed E-state index contributed by atoms with van der Waals surface area (Å²) in [6, 6.07) is 9.27. The van der Waals surface area contributed by atoms with E-state index < -0.39 is 48.8 Å². The molecule has 2 aromatic carbocycles. The number of allylic oxidation sites excluding steroid dienone is 7. The van der Waals surface area contributed by atoms with E-state index in [4.69, 9.17) is 38.0 Å². The van der Waals surface area contributed by atoms with Crippen molar-refractivity contribution in [3.8, 4) is 0 Å². The van der Waals surface area contributed by atoms with Crippen LogP contribution in [0.1, 0.15) is 90.2 Å². The van der Waals surface area contributed by atoms with Crippen LogP contribution in [0.25, 0.3) is 0 Å². The lowest BCUT2D eigenvalue weighted by Gasteiger charge is -2.30. The van der Waals surface area contributed by atoms with Crippen LogP contribution in [0.2, 0.25) is 0 Å². The molecular weight excluding hydrogens is 1080 g/mol. The average Bonchev–Trinajstić information content (AvgIpc) is 3.91. The summed E-state index contributed by atoms with van der Waals surface area (Å²) in [6.07, 6.45) is 11.6. The fourth-order valence-electron chi connectivity index (χ4n) is 10.4. The molecule has 23 heteroatoms. The number of anilines is 1. The lowest BCUT2D eigenvalue weighted by molar-refractivity contribution is -0.890. The van der Waals surface area contributed by atoms with Gasteiger partial charge in [0.1, 0.15) is 12.4 Å². The summed E-state index contributed by atoms with van der Waals surface area (Å²) in [5, 5.41) is 0.568. The van der Waals surface area contributed by atoms with Gasteiger partial charge in [0.2, 0.25) is 5.69 Å². The minimum Gasteiger partial charge on any atom is -0.493 e. The highest BCUT2D eigenvalue weighted by atomic mass is 32.2. The molecule has 0 bridgehead atoms. The summed E-state index contributed by atoms with van der Waals surface area (Å²) in [5.74, 6) is -0.970. The molecule has 3 aliphatic heterocycles. The Labute approximate surface area is 471 Å². The van der Waals surface area contributed by atoms with Crippen molar-refractivity contribution < 1.29 is 87.4 Å². The summed E-state index contributed by atoms with van der Waals surface area (Å²) < 4.78 is 113. The largest absolute Gasteiger partial charge is 0.493 e. The van der Waals surface area contributed by atoms with Crippen molar-refractivity contribution in [1.82, 2.24) is 5.06 Å². The topological polar surface area (TPSA) is 243 Å². The number of carbonyl (C=O) groups excluding carboxylic acids is 3. The summed E-state index contributed by atoms with van der Waals surface area (Å²) in [5.41, 5.74) is 5.20. The van der Waals surface area contributed by atoms with E-state index >= 15 is 0 Å². The summed E-state index contributed by atoms with van der Waals surface area (Å²) in [7, 11) is -1.67. The van der Waals surface area contributed by atoms with Crippen molar-refractivity contribution in [2.45, 2.75) is 99.7 Å². The van der Waals surface area contributed by atoms with Crippen LogP contribution in [0.4, 0.5) is 11.4 Å². The molecule has 2 N–H and O–H groups in total. The van der Waals surface area contributed by atoms with Crippen molar-refractivity contribution in [2.75, 3.05) is 132 Å². The Balaban J connectivity index is 1.32. The number of fused-ring (bicyclic) bond motifs is 2. The van der Waals surface area contributed by atoms with Gasteiger partial charge in [0.15, 0.2) is 12.3 Å². The Morgan fingerprint density at radius 1 is 0.688 bits per heavy atom. The number of imide groups is 1. The van der Waals surface area contributed by atoms with Crippen molar-refractivity contribution in [3.05, 3.63) is 94.4 Å². The number of rotatable bonds is 33. The van der Waals surface area contributed by atoms with Crippen LogP contribution in [0.3, 0.4) is 0 Å². The van der Waals surface area contributed by atoms with E-state index in [0.717, 1.165) is 51.5 Å². The molecule has 0 saturated carbocycles. The fourth-order valence-corrected chi connectivity index (χ4v) is 11.4. The molecule has 2 aromatic rings. The van der Waals surface area contributed by atoms with Crippen LogP contribution < -0.4 is 4.90 Å². The summed E-state index contributed by atoms with van der Waals surface area (Å²) in [6.45, 7) is 14.6. The number of amides is 2. The first kappa shape index (κ1) is 64.0. The zero-order valence-electron chi connectivity index (χ0n) is 47.7. The molecule has 80 heavy (non-hydrogen) atoms. The number of hydroxylamine groups is 2. The number of hydrogen-bond acceptors (Lipinski definition) is 16. The number of benzene rings is 2. The first-order valence-electron chi connectivity index (χ1n) is 27.2. The SMILES string of the molecule is COCCOCCOCCN1C(=C/C=C2\CCCC(/C=C/C3=[N+](CCOCCOCCOC)c4ccc(S(=O)(=O)O)cc4C3(C)C)=C2OCCC[N+](C)(C)CCCC(=O)ON2C(=O)CCC2=O)C(C)(C)c2cc(S(=O)(=O)O)ccc21. The molecule has 3 heterocycles. The molecule has 0 spiro atoms. The van der Waals surface area contributed by atoms with Gasteiger partial charge in [-0.15, -0.1) is 5.06 Å². The first-order chi connectivity index (χ1) is 37.9. The Morgan fingerprint density at radius 3 is 1.89 bits per heavy atom. The summed E-state index contributed by atoms with van der Waals surface area (Å²) >= 11 is 0. The molecule has 442 valence electrons. The molecule has 1 saturated heterocycles. The van der Waals surface area contributed by atoms with Crippen molar-refractivity contribution in [2.24, 2.45) is 0 Å². The molecule has 1 fully saturated rings. The highest BCUT2D eigenvalue weighted by molar-refractivity contribution is 7.86. The van der Waals surface area contributed by atoms with Crippen LogP contribution >= 0.6 is 0 Å². The maximum atomic E-state index is 12.6. The number of quaternary nitrogens is 1. The maximum absolute atomic E-state index is 12.6. The third-order valence-electron chi connectivity index (χ3n) is 14.7. The van der Waals surface area contributed by atoms with Gasteiger partial charge in [-0.25, -0.2) is 4.79 Å². The van der Waals surface area contributed by atoms with Crippen LogP contribution in [0.5, 0.6) is 0 Å². The molecule has 0 atom stereocenters. The number of hydrogen-bond donors (Lipinski definition) is 2. The second-order valence-corrected chi connectivity index (χ2v) is 24.5. The number of ether oxygens (including phenoxy) is 7. The highest BCUT2D eigenvalue weighted by Gasteiger charge is 2.45. The molecule has 2 amide bonds. The van der Waals surface area contributed by atoms with Crippen LogP contribution in [-0.4, -0.2) is 191 Å². The predicted molar refractivity (Wildman–Crippen MR) is 298 cm³/mol. The number of methoxy groups -OCH3 is 2. The Morgan fingerprint density at radius 2 is 1.26 bits per heavy atom. The summed E-state index contributed by atoms with van der Waals surface area (Å²) in [4.78, 5) is 43.3. The molecular formula is C57H82N4O17S2+2. The van der Waals surface area contributed by atoms with Gasteiger partial charge >= 0.3 is 5.97 Å². The van der Waals surface area contributed by atoms with Crippen LogP contribution in [0, 0.1) is 0 Å². The van der Waals surface area contributed by atoms with Crippen molar-refractivity contribution in [1.29, 1.82) is 0 Å². The number of nitrogens with zero attached hydrogens (tertiary/aromatic N) is 4. The lowest BCUT2D eigenvalue weighted by Crippen LogP contribution is -2.42. The van der Waals surface area contributed by atoms with Gasteiger partial charge < -0.3 is 47.4 Å². The smallest absolute Gasteiger partial charge is 0.333 e. The standard InChI is InChI=1S/C57H80N4O17S2/c1-56(2)46-40-44(79(65,66)67)17-19-48(46)58(25-30-73-36-38-75-34-32-71-7)50(56)21-15-42-12-9-13-43(55(42)77-29-11-28-61(5,6)27-10-14-54(64)78-60-52(62)23-24-53(60)63)16-22-51-57(3,4)47-41-45(80(68,69)70)18-20-49(47)59(51)26-31-74-37-39-76-35-33-72-8/h15-22,40-41H,9-14,23-39H2,1-8H3/p+2. The van der Waals surface area contributed by atoms with E-state index in [2.05, 4.69) is 47.9 Å². The van der Waals surface area contributed by atoms with Crippen LogP contribution in [-0.2, 0) is 83.4 Å². The minimum atomic E-state index is -4.50. The zero-order chi connectivity index (χ0) is 58.3. The molecule has 0 aromatic heterocycles. The Hall–Kier alpha value is -5.18. The molecule has 0 unspecified atom stereocenters. The molecule has 6 rings (SSSR count). The Kier molecular flexibility index (Phi) is 22.9. The number of carbonyl (C=O) groups is 3. The monoisotopic (exact) mass is 1160 g/mol. The normalized spacial score (nSPS) is 18.4. The third kappa shape index (κ3) is 17.0. The van der Waals surface area contributed by atoms with Gasteiger partial charge in [-0.05, 0) is 92.3 Å². The van der Waals surface area contributed by atoms with E-state index in [1.807, 2.05) is 27.7 Å². The van der Waals surface area contributed by atoms with E-state index in [9.17, 15) is 40.3 Å². The van der Waals surface area contributed by atoms with Gasteiger partial charge in [-0.1, -0.05) is 19.9 Å². The van der Waals surface area contributed by atoms with Crippen molar-refractivity contribution >= 4 is 55.1 Å². The van der Waals surface area contributed by atoms with E-state index in [1.54, 1.807) is 26.4 Å². The van der Waals surface area contributed by atoms with Gasteiger partial charge in [-0.2, -0.15) is 21.4 Å². The molecule has 0 radical (unpaired) electrons. The zero-order valence-corrected chi connectivity index (χ0v) is 49.3. The van der Waals surface area contributed by atoms with E-state index in [0.29, 0.717) is 140 Å². The first-order valence-corrected chi connectivity index (χ1v) is 30.1. The predicted octanol–water partition coefficient (Wildman–Crippen LogP) is 6.39. The van der Waals surface area contributed by atoms with E-state index in [-0.39, 0.29) is 29.1 Å². The molecule has 1 aliphatic carbocycles. The molecule has 4 aliphatic rings. The van der Waals surface area contributed by atoms with Gasteiger partial charge in [0.05, 0.1) is 115 Å². The fraction of sp³-hybridized carbons (Fsp3) is 0.579. The second kappa shape index (κ2) is 28.7. The average molecular weight is 1160 g/mol. The maximum Gasteiger partial charge on any atom is 0.333 e. The van der Waals surface area contributed by atoms with Gasteiger partial charge in [0.25, 0.3) is 32.1 Å². The highest BCUT2D eigenvalue weighted by Crippen LogP contribution is 2.49. The lowest BCUT2D eigenvalue weighted by atomic mass is 9.81. The van der Waals surface area contributed by atoms with E-state index in [1.165, 1.54) is 24.3 Å². The van der Waals surface area contributed by atoms with Gasteiger partial charge in [0, 0.05) is 81.0 Å². The Bertz CT molecular complexity index is 2910. The third-order valence-corrected chi connectivity index (χ3v) is 16.4. The second-order valence-electron chi connectivity index (χ2n) is 21.7. The van der Waals surface area contributed by atoms with Crippen LogP contribution in [0.15, 0.2) is 93.1 Å². The molecule has 21 nitrogen and oxygen atoms in total. The van der Waals surface area contributed by atoms with Gasteiger partial charge in [-0.3, -0.25) is 18.7 Å². The van der Waals surface area contributed by atoms with Crippen molar-refractivity contribution in [3.63, 3.8) is 0 Å². The minimum absolute atomic E-state index is 0.0245. The quantitative estimate of drug-likeness (QED) is 0.0259.